The van der Waals surface area contributed by atoms with E-state index in [0.717, 1.165) is 12.3 Å². The quantitative estimate of drug-likeness (QED) is 0.751. The minimum absolute atomic E-state index is 0.144. The van der Waals surface area contributed by atoms with E-state index < -0.39 is 0 Å². The third-order valence-electron chi connectivity index (χ3n) is 4.65. The summed E-state index contributed by atoms with van der Waals surface area (Å²) < 4.78 is 13.1. The molecule has 112 valence electrons. The van der Waals surface area contributed by atoms with Crippen LogP contribution in [0.1, 0.15) is 70.4 Å². The van der Waals surface area contributed by atoms with Crippen LogP contribution in [0.3, 0.4) is 0 Å². The molecule has 1 aliphatic rings. The molecule has 0 radical (unpaired) electrons. The first kappa shape index (κ1) is 15.5. The molecule has 3 atom stereocenters. The van der Waals surface area contributed by atoms with Crippen LogP contribution in [-0.4, -0.2) is 6.04 Å². The summed E-state index contributed by atoms with van der Waals surface area (Å²) in [5, 5.41) is 3.85. The van der Waals surface area contributed by atoms with Crippen LogP contribution in [0.2, 0.25) is 0 Å². The second-order valence-corrected chi connectivity index (χ2v) is 6.28. The molecule has 20 heavy (non-hydrogen) atoms. The smallest absolute Gasteiger partial charge is 0.123 e. The number of rotatable bonds is 6. The van der Waals surface area contributed by atoms with Crippen LogP contribution in [0.25, 0.3) is 0 Å². The van der Waals surface area contributed by atoms with Crippen LogP contribution >= 0.6 is 0 Å². The molecule has 2 rings (SSSR count). The molecule has 2 heteroatoms. The van der Waals surface area contributed by atoms with Gasteiger partial charge in [0.25, 0.3) is 0 Å². The van der Waals surface area contributed by atoms with Crippen LogP contribution in [0, 0.1) is 11.7 Å². The maximum Gasteiger partial charge on any atom is 0.123 e. The number of benzene rings is 1. The first-order valence-electron chi connectivity index (χ1n) is 8.22. The third-order valence-corrected chi connectivity index (χ3v) is 4.65. The molecular weight excluding hydrogens is 249 g/mol. The van der Waals surface area contributed by atoms with E-state index in [4.69, 9.17) is 0 Å². The average Bonchev–Trinajstić information content (AvgIpc) is 2.46. The number of halogens is 1. The average molecular weight is 277 g/mol. The van der Waals surface area contributed by atoms with Crippen LogP contribution < -0.4 is 5.32 Å². The lowest BCUT2D eigenvalue weighted by molar-refractivity contribution is 0.252. The van der Waals surface area contributed by atoms with Gasteiger partial charge in [-0.15, -0.1) is 0 Å². The Balaban J connectivity index is 2.04. The molecule has 1 aliphatic carbocycles. The number of unbranched alkanes of at least 4 members (excludes halogenated alkanes) is 1. The molecule has 0 spiro atoms. The Kier molecular flexibility index (Phi) is 6.03. The molecule has 1 fully saturated rings. The lowest BCUT2D eigenvalue weighted by atomic mass is 9.85. The zero-order valence-corrected chi connectivity index (χ0v) is 12.9. The highest BCUT2D eigenvalue weighted by Crippen LogP contribution is 2.28. The molecule has 0 aliphatic heterocycles. The standard InChI is InChI=1S/C18H28FN/c1-3-4-8-18(15-10-12-16(19)13-11-15)20-17-9-6-5-7-14(17)2/h10-14,17-18,20H,3-9H2,1-2H3. The van der Waals surface area contributed by atoms with Gasteiger partial charge < -0.3 is 5.32 Å². The van der Waals surface area contributed by atoms with Gasteiger partial charge in [0, 0.05) is 12.1 Å². The van der Waals surface area contributed by atoms with Crippen LogP contribution in [0.15, 0.2) is 24.3 Å². The van der Waals surface area contributed by atoms with E-state index in [0.29, 0.717) is 12.1 Å². The van der Waals surface area contributed by atoms with Gasteiger partial charge in [0.2, 0.25) is 0 Å². The molecular formula is C18H28FN. The van der Waals surface area contributed by atoms with Crippen molar-refractivity contribution in [3.8, 4) is 0 Å². The molecule has 0 saturated heterocycles. The van der Waals surface area contributed by atoms with Gasteiger partial charge in [0.15, 0.2) is 0 Å². The Morgan fingerprint density at radius 1 is 1.20 bits per heavy atom. The molecule has 0 amide bonds. The summed E-state index contributed by atoms with van der Waals surface area (Å²) in [4.78, 5) is 0. The van der Waals surface area contributed by atoms with Gasteiger partial charge in [-0.2, -0.15) is 0 Å². The lowest BCUT2D eigenvalue weighted by Gasteiger charge is -2.33. The molecule has 1 aromatic carbocycles. The summed E-state index contributed by atoms with van der Waals surface area (Å²) in [6.07, 6.45) is 8.90. The molecule has 0 heterocycles. The topological polar surface area (TPSA) is 12.0 Å². The third kappa shape index (κ3) is 4.31. The van der Waals surface area contributed by atoms with E-state index in [-0.39, 0.29) is 5.82 Å². The van der Waals surface area contributed by atoms with Crippen molar-refractivity contribution >= 4 is 0 Å². The molecule has 3 unspecified atom stereocenters. The fraction of sp³-hybridized carbons (Fsp3) is 0.667. The van der Waals surface area contributed by atoms with Crippen molar-refractivity contribution in [3.63, 3.8) is 0 Å². The number of hydrogen-bond acceptors (Lipinski definition) is 1. The van der Waals surface area contributed by atoms with Crippen molar-refractivity contribution in [1.82, 2.24) is 5.32 Å². The van der Waals surface area contributed by atoms with Crippen molar-refractivity contribution in [1.29, 1.82) is 0 Å². The summed E-state index contributed by atoms with van der Waals surface area (Å²) >= 11 is 0. The van der Waals surface area contributed by atoms with Gasteiger partial charge in [-0.1, -0.05) is 51.7 Å². The van der Waals surface area contributed by atoms with Crippen LogP contribution in [0.5, 0.6) is 0 Å². The van der Waals surface area contributed by atoms with Crippen molar-refractivity contribution in [2.75, 3.05) is 0 Å². The van der Waals surface area contributed by atoms with E-state index in [2.05, 4.69) is 19.2 Å². The monoisotopic (exact) mass is 277 g/mol. The first-order chi connectivity index (χ1) is 9.70. The maximum absolute atomic E-state index is 13.1. The van der Waals surface area contributed by atoms with Crippen molar-refractivity contribution in [2.45, 2.75) is 70.9 Å². The minimum atomic E-state index is -0.144. The largest absolute Gasteiger partial charge is 0.307 e. The second kappa shape index (κ2) is 7.78. The minimum Gasteiger partial charge on any atom is -0.307 e. The lowest BCUT2D eigenvalue weighted by Crippen LogP contribution is -2.39. The number of hydrogen-bond donors (Lipinski definition) is 1. The first-order valence-corrected chi connectivity index (χ1v) is 8.22. The van der Waals surface area contributed by atoms with E-state index >= 15 is 0 Å². The van der Waals surface area contributed by atoms with Gasteiger partial charge >= 0.3 is 0 Å². The molecule has 0 bridgehead atoms. The Morgan fingerprint density at radius 2 is 1.90 bits per heavy atom. The Morgan fingerprint density at radius 3 is 2.55 bits per heavy atom. The molecule has 1 nitrogen and oxygen atoms in total. The van der Waals surface area contributed by atoms with Gasteiger partial charge in [0.05, 0.1) is 0 Å². The zero-order valence-electron chi connectivity index (χ0n) is 12.9. The Bertz CT molecular complexity index is 387. The van der Waals surface area contributed by atoms with E-state index in [1.165, 1.54) is 44.1 Å². The molecule has 0 aromatic heterocycles. The normalized spacial score (nSPS) is 24.6. The van der Waals surface area contributed by atoms with Crippen molar-refractivity contribution in [3.05, 3.63) is 35.6 Å². The van der Waals surface area contributed by atoms with E-state index in [1.54, 1.807) is 12.1 Å². The van der Waals surface area contributed by atoms with Gasteiger partial charge in [-0.25, -0.2) is 4.39 Å². The predicted molar refractivity (Wildman–Crippen MR) is 83.2 cm³/mol. The SMILES string of the molecule is CCCCC(NC1CCCCC1C)c1ccc(F)cc1. The molecule has 1 aromatic rings. The van der Waals surface area contributed by atoms with E-state index in [9.17, 15) is 4.39 Å². The highest BCUT2D eigenvalue weighted by Gasteiger charge is 2.24. The highest BCUT2D eigenvalue weighted by molar-refractivity contribution is 5.20. The molecule has 1 N–H and O–H groups in total. The summed E-state index contributed by atoms with van der Waals surface area (Å²) in [6, 6.07) is 8.05. The second-order valence-electron chi connectivity index (χ2n) is 6.28. The Hall–Kier alpha value is -0.890. The summed E-state index contributed by atoms with van der Waals surface area (Å²) in [7, 11) is 0. The molecule has 1 saturated carbocycles. The van der Waals surface area contributed by atoms with Crippen LogP contribution in [0.4, 0.5) is 4.39 Å². The summed E-state index contributed by atoms with van der Waals surface area (Å²) in [5.74, 6) is 0.613. The van der Waals surface area contributed by atoms with Crippen LogP contribution in [-0.2, 0) is 0 Å². The fourth-order valence-corrected chi connectivity index (χ4v) is 3.27. The fourth-order valence-electron chi connectivity index (χ4n) is 3.27. The van der Waals surface area contributed by atoms with Gasteiger partial charge in [-0.05, 0) is 42.9 Å². The summed E-state index contributed by atoms with van der Waals surface area (Å²) in [5.41, 5.74) is 1.23. The van der Waals surface area contributed by atoms with E-state index in [1.807, 2.05) is 12.1 Å². The maximum atomic E-state index is 13.1. The Labute approximate surface area is 123 Å². The van der Waals surface area contributed by atoms with Crippen molar-refractivity contribution < 1.29 is 4.39 Å². The van der Waals surface area contributed by atoms with Crippen molar-refractivity contribution in [2.24, 2.45) is 5.92 Å². The van der Waals surface area contributed by atoms with Gasteiger partial charge in [0.1, 0.15) is 5.82 Å². The number of nitrogens with one attached hydrogen (secondary N) is 1. The zero-order chi connectivity index (χ0) is 14.4. The van der Waals surface area contributed by atoms with Gasteiger partial charge in [-0.3, -0.25) is 0 Å². The summed E-state index contributed by atoms with van der Waals surface area (Å²) in [6.45, 7) is 4.59. The highest BCUT2D eigenvalue weighted by atomic mass is 19.1. The predicted octanol–water partition coefficient (Wildman–Crippen LogP) is 5.23.